The minimum Gasteiger partial charge on any atom is -0.398 e. The first-order chi connectivity index (χ1) is 10.1. The fourth-order valence-electron chi connectivity index (χ4n) is 2.19. The van der Waals surface area contributed by atoms with E-state index in [1.807, 2.05) is 36.6 Å². The number of hydrogen-bond acceptors (Lipinski definition) is 4. The number of anilines is 1. The molecule has 0 unspecified atom stereocenters. The molecule has 21 heavy (non-hydrogen) atoms. The minimum absolute atomic E-state index is 0.0453. The number of methoxy groups -OCH3 is 1. The van der Waals surface area contributed by atoms with E-state index >= 15 is 0 Å². The Labute approximate surface area is 129 Å². The molecule has 2 N–H and O–H groups in total. The Hall–Kier alpha value is -1.85. The Morgan fingerprint density at radius 3 is 2.76 bits per heavy atom. The van der Waals surface area contributed by atoms with Gasteiger partial charge in [-0.25, -0.2) is 0 Å². The second kappa shape index (κ2) is 7.24. The van der Waals surface area contributed by atoms with Crippen LogP contribution in [0.15, 0.2) is 35.7 Å². The van der Waals surface area contributed by atoms with Crippen molar-refractivity contribution in [3.63, 3.8) is 0 Å². The van der Waals surface area contributed by atoms with Gasteiger partial charge in [0.25, 0.3) is 5.91 Å². The zero-order chi connectivity index (χ0) is 15.2. The summed E-state index contributed by atoms with van der Waals surface area (Å²) in [6, 6.07) is 9.55. The van der Waals surface area contributed by atoms with E-state index in [0.717, 1.165) is 10.4 Å². The highest BCUT2D eigenvalue weighted by atomic mass is 32.1. The van der Waals surface area contributed by atoms with Gasteiger partial charge in [0, 0.05) is 24.2 Å². The van der Waals surface area contributed by atoms with Crippen molar-refractivity contribution < 1.29 is 9.53 Å². The van der Waals surface area contributed by atoms with Crippen molar-refractivity contribution in [2.24, 2.45) is 0 Å². The maximum atomic E-state index is 12.8. The summed E-state index contributed by atoms with van der Waals surface area (Å²) < 4.78 is 5.12. The highest BCUT2D eigenvalue weighted by Crippen LogP contribution is 2.21. The molecular weight excluding hydrogens is 284 g/mol. The van der Waals surface area contributed by atoms with E-state index in [-0.39, 0.29) is 5.91 Å². The maximum absolute atomic E-state index is 12.8. The second-order valence-corrected chi connectivity index (χ2v) is 5.87. The number of carbonyl (C=O) groups is 1. The molecule has 0 bridgehead atoms. The Kier molecular flexibility index (Phi) is 5.36. The number of amides is 1. The lowest BCUT2D eigenvalue weighted by Gasteiger charge is -2.23. The lowest BCUT2D eigenvalue weighted by Crippen LogP contribution is -2.34. The summed E-state index contributed by atoms with van der Waals surface area (Å²) in [5, 5.41) is 2.01. The van der Waals surface area contributed by atoms with Crippen LogP contribution in [0.4, 0.5) is 5.69 Å². The number of nitrogens with two attached hydrogens (primary N) is 1. The second-order valence-electron chi connectivity index (χ2n) is 4.84. The standard InChI is InChI=1S/C16H20N2O2S/c1-12-5-3-7-14(17)15(12)16(19)18(8-9-20-2)11-13-6-4-10-21-13/h3-7,10H,8-9,11,17H2,1-2H3. The Morgan fingerprint density at radius 1 is 1.33 bits per heavy atom. The normalized spacial score (nSPS) is 10.6. The first-order valence-electron chi connectivity index (χ1n) is 6.79. The van der Waals surface area contributed by atoms with Gasteiger partial charge in [-0.05, 0) is 30.0 Å². The molecule has 0 saturated carbocycles. The first kappa shape index (κ1) is 15.5. The van der Waals surface area contributed by atoms with Crippen molar-refractivity contribution in [3.05, 3.63) is 51.7 Å². The van der Waals surface area contributed by atoms with Crippen LogP contribution in [0, 0.1) is 6.92 Å². The summed E-state index contributed by atoms with van der Waals surface area (Å²) in [7, 11) is 1.63. The summed E-state index contributed by atoms with van der Waals surface area (Å²) in [6.07, 6.45) is 0. The molecule has 2 aromatic rings. The average Bonchev–Trinajstić information content (AvgIpc) is 2.96. The third-order valence-electron chi connectivity index (χ3n) is 3.30. The molecule has 0 spiro atoms. The van der Waals surface area contributed by atoms with E-state index < -0.39 is 0 Å². The number of thiophene rings is 1. The van der Waals surface area contributed by atoms with Crippen LogP contribution in [0.1, 0.15) is 20.8 Å². The van der Waals surface area contributed by atoms with Gasteiger partial charge >= 0.3 is 0 Å². The molecule has 112 valence electrons. The van der Waals surface area contributed by atoms with Crippen LogP contribution >= 0.6 is 11.3 Å². The molecule has 0 saturated heterocycles. The number of nitrogen functional groups attached to an aromatic ring is 1. The summed E-state index contributed by atoms with van der Waals surface area (Å²) >= 11 is 1.64. The lowest BCUT2D eigenvalue weighted by molar-refractivity contribution is 0.0683. The van der Waals surface area contributed by atoms with Gasteiger partial charge in [0.15, 0.2) is 0 Å². The van der Waals surface area contributed by atoms with Crippen molar-refractivity contribution in [2.75, 3.05) is 26.0 Å². The molecule has 0 aliphatic heterocycles. The average molecular weight is 304 g/mol. The number of hydrogen-bond donors (Lipinski definition) is 1. The molecule has 0 aliphatic rings. The van der Waals surface area contributed by atoms with Crippen LogP contribution < -0.4 is 5.73 Å². The molecule has 1 aromatic heterocycles. The molecule has 0 atom stereocenters. The van der Waals surface area contributed by atoms with Gasteiger partial charge in [0.1, 0.15) is 0 Å². The number of benzene rings is 1. The lowest BCUT2D eigenvalue weighted by atomic mass is 10.1. The van der Waals surface area contributed by atoms with Gasteiger partial charge in [0.05, 0.1) is 18.7 Å². The topological polar surface area (TPSA) is 55.6 Å². The van der Waals surface area contributed by atoms with Crippen LogP contribution in [0.3, 0.4) is 0 Å². The largest absolute Gasteiger partial charge is 0.398 e. The number of ether oxygens (including phenoxy) is 1. The van der Waals surface area contributed by atoms with Crippen LogP contribution in [0.5, 0.6) is 0 Å². The Balaban J connectivity index is 2.25. The predicted octanol–water partition coefficient (Wildman–Crippen LogP) is 2.93. The number of carbonyl (C=O) groups excluding carboxylic acids is 1. The number of rotatable bonds is 6. The molecule has 2 rings (SSSR count). The quantitative estimate of drug-likeness (QED) is 0.835. The third-order valence-corrected chi connectivity index (χ3v) is 4.16. The zero-order valence-electron chi connectivity index (χ0n) is 12.3. The summed E-state index contributed by atoms with van der Waals surface area (Å²) in [4.78, 5) is 15.7. The van der Waals surface area contributed by atoms with Crippen molar-refractivity contribution in [1.29, 1.82) is 0 Å². The molecule has 0 aliphatic carbocycles. The zero-order valence-corrected chi connectivity index (χ0v) is 13.2. The monoisotopic (exact) mass is 304 g/mol. The number of nitrogens with zero attached hydrogens (tertiary/aromatic N) is 1. The molecule has 5 heteroatoms. The highest BCUT2D eigenvalue weighted by molar-refractivity contribution is 7.09. The molecule has 0 fully saturated rings. The molecule has 1 amide bonds. The van der Waals surface area contributed by atoms with Gasteiger partial charge in [-0.2, -0.15) is 0 Å². The fourth-order valence-corrected chi connectivity index (χ4v) is 2.90. The van der Waals surface area contributed by atoms with Gasteiger partial charge in [-0.15, -0.1) is 11.3 Å². The first-order valence-corrected chi connectivity index (χ1v) is 7.67. The van der Waals surface area contributed by atoms with E-state index in [1.165, 1.54) is 0 Å². The van der Waals surface area contributed by atoms with E-state index in [1.54, 1.807) is 29.4 Å². The van der Waals surface area contributed by atoms with Gasteiger partial charge in [-0.3, -0.25) is 4.79 Å². The molecule has 4 nitrogen and oxygen atoms in total. The Morgan fingerprint density at radius 2 is 2.14 bits per heavy atom. The smallest absolute Gasteiger partial charge is 0.256 e. The fraction of sp³-hybridized carbons (Fsp3) is 0.312. The van der Waals surface area contributed by atoms with E-state index in [4.69, 9.17) is 10.5 Å². The summed E-state index contributed by atoms with van der Waals surface area (Å²) in [6.45, 7) is 3.53. The van der Waals surface area contributed by atoms with Gasteiger partial charge in [-0.1, -0.05) is 18.2 Å². The number of aryl methyl sites for hydroxylation is 1. The van der Waals surface area contributed by atoms with Crippen molar-refractivity contribution in [3.8, 4) is 0 Å². The highest BCUT2D eigenvalue weighted by Gasteiger charge is 2.20. The van der Waals surface area contributed by atoms with Crippen LogP contribution in [-0.2, 0) is 11.3 Å². The van der Waals surface area contributed by atoms with E-state index in [9.17, 15) is 4.79 Å². The van der Waals surface area contributed by atoms with Crippen molar-refractivity contribution in [2.45, 2.75) is 13.5 Å². The van der Waals surface area contributed by atoms with E-state index in [2.05, 4.69) is 0 Å². The predicted molar refractivity (Wildman–Crippen MR) is 86.5 cm³/mol. The van der Waals surface area contributed by atoms with Crippen LogP contribution in [0.25, 0.3) is 0 Å². The van der Waals surface area contributed by atoms with Crippen LogP contribution in [0.2, 0.25) is 0 Å². The van der Waals surface area contributed by atoms with Crippen LogP contribution in [-0.4, -0.2) is 31.1 Å². The summed E-state index contributed by atoms with van der Waals surface area (Å²) in [5.41, 5.74) is 7.99. The van der Waals surface area contributed by atoms with Crippen molar-refractivity contribution in [1.82, 2.24) is 4.90 Å². The van der Waals surface area contributed by atoms with Gasteiger partial charge in [0.2, 0.25) is 0 Å². The molecule has 1 heterocycles. The SMILES string of the molecule is COCCN(Cc1cccs1)C(=O)c1c(C)cccc1N. The van der Waals surface area contributed by atoms with E-state index in [0.29, 0.717) is 30.9 Å². The maximum Gasteiger partial charge on any atom is 0.256 e. The van der Waals surface area contributed by atoms with Crippen molar-refractivity contribution >= 4 is 22.9 Å². The third kappa shape index (κ3) is 3.83. The summed E-state index contributed by atoms with van der Waals surface area (Å²) in [5.74, 6) is -0.0453. The molecular formula is C16H20N2O2S. The molecule has 1 aromatic carbocycles. The minimum atomic E-state index is -0.0453. The molecule has 0 radical (unpaired) electrons. The Bertz CT molecular complexity index is 576. The van der Waals surface area contributed by atoms with Gasteiger partial charge < -0.3 is 15.4 Å².